The van der Waals surface area contributed by atoms with Gasteiger partial charge in [0, 0.05) is 0 Å². The summed E-state index contributed by atoms with van der Waals surface area (Å²) in [6, 6.07) is 0. The van der Waals surface area contributed by atoms with Crippen LogP contribution in [0.4, 0.5) is 0 Å². The number of halogens is 1. The van der Waals surface area contributed by atoms with Gasteiger partial charge in [0.1, 0.15) is 6.61 Å². The zero-order chi connectivity index (χ0) is 7.86. The third-order valence-corrected chi connectivity index (χ3v) is 0.135. The minimum absolute atomic E-state index is 0. The van der Waals surface area contributed by atoms with E-state index >= 15 is 0 Å². The molecule has 0 atom stereocenters. The number of guanidine groups is 1. The van der Waals surface area contributed by atoms with E-state index in [4.69, 9.17) is 20.4 Å². The number of aliphatic hydroxyl groups is 1. The second-order valence-corrected chi connectivity index (χ2v) is 1.01. The molecule has 0 aliphatic carbocycles. The number of carboxylic acid groups (broad SMARTS) is 1. The molecule has 0 rings (SSSR count). The van der Waals surface area contributed by atoms with E-state index in [0.29, 0.717) is 0 Å². The van der Waals surface area contributed by atoms with Crippen molar-refractivity contribution in [2.24, 2.45) is 11.5 Å². The smallest absolute Gasteiger partial charge is 0.329 e. The number of aliphatic carboxylic acids is 1. The molecule has 0 heterocycles. The first kappa shape index (κ1) is 16.0. The van der Waals surface area contributed by atoms with Gasteiger partial charge in [0.05, 0.1) is 0 Å². The van der Waals surface area contributed by atoms with E-state index in [1.165, 1.54) is 0 Å². The van der Waals surface area contributed by atoms with Gasteiger partial charge in [-0.05, 0) is 0 Å². The van der Waals surface area contributed by atoms with Gasteiger partial charge in [-0.15, -0.1) is 12.4 Å². The fraction of sp³-hybridized carbons (Fsp3) is 0.333. The van der Waals surface area contributed by atoms with Gasteiger partial charge in [0.15, 0.2) is 5.96 Å². The first-order valence-corrected chi connectivity index (χ1v) is 1.92. The Morgan fingerprint density at radius 3 is 1.60 bits per heavy atom. The van der Waals surface area contributed by atoms with Gasteiger partial charge in [-0.3, -0.25) is 5.41 Å². The highest BCUT2D eigenvalue weighted by Crippen LogP contribution is 1.48. The summed E-state index contributed by atoms with van der Waals surface area (Å²) < 4.78 is 0. The van der Waals surface area contributed by atoms with E-state index in [9.17, 15) is 0 Å². The zero-order valence-corrected chi connectivity index (χ0v) is 5.89. The predicted octanol–water partition coefficient (Wildman–Crippen LogP) is -1.68. The summed E-state index contributed by atoms with van der Waals surface area (Å²) in [6.45, 7) is -0.778. The van der Waals surface area contributed by atoms with E-state index in [2.05, 4.69) is 11.5 Å². The summed E-state index contributed by atoms with van der Waals surface area (Å²) in [7, 11) is 0. The fourth-order valence-electron chi connectivity index (χ4n) is 0. The molecule has 0 aromatic rings. The highest BCUT2D eigenvalue weighted by Gasteiger charge is 1.82. The summed E-state index contributed by atoms with van der Waals surface area (Å²) in [5, 5.41) is 21.1. The minimum Gasteiger partial charge on any atom is -0.480 e. The molecule has 0 aromatic heterocycles. The van der Waals surface area contributed by atoms with Gasteiger partial charge in [0.25, 0.3) is 0 Å². The molecule has 0 fully saturated rings. The maximum absolute atomic E-state index is 9.12. The highest BCUT2D eigenvalue weighted by molar-refractivity contribution is 5.85. The number of carbonyl (C=O) groups is 1. The molecule has 0 amide bonds. The molecule has 0 saturated carbocycles. The molecular formula is C3H10ClN3O3. The van der Waals surface area contributed by atoms with Crippen LogP contribution in [0.5, 0.6) is 0 Å². The lowest BCUT2D eigenvalue weighted by molar-refractivity contribution is -0.140. The van der Waals surface area contributed by atoms with Crippen molar-refractivity contribution in [1.29, 1.82) is 5.41 Å². The average Bonchev–Trinajstić information content (AvgIpc) is 1.65. The fourth-order valence-corrected chi connectivity index (χ4v) is 0. The summed E-state index contributed by atoms with van der Waals surface area (Å²) in [5.41, 5.74) is 8.94. The number of nitrogens with one attached hydrogen (secondary N) is 1. The van der Waals surface area contributed by atoms with E-state index < -0.39 is 12.6 Å². The maximum atomic E-state index is 9.12. The van der Waals surface area contributed by atoms with Crippen molar-refractivity contribution in [2.75, 3.05) is 6.61 Å². The van der Waals surface area contributed by atoms with Crippen LogP contribution in [0.2, 0.25) is 0 Å². The zero-order valence-electron chi connectivity index (χ0n) is 5.07. The van der Waals surface area contributed by atoms with Crippen LogP contribution in [0, 0.1) is 5.41 Å². The number of nitrogens with two attached hydrogens (primary N) is 2. The Bertz CT molecular complexity index is 103. The first-order valence-electron chi connectivity index (χ1n) is 1.92. The van der Waals surface area contributed by atoms with E-state index in [0.717, 1.165) is 0 Å². The van der Waals surface area contributed by atoms with Gasteiger partial charge >= 0.3 is 5.97 Å². The summed E-state index contributed by atoms with van der Waals surface area (Å²) in [6.07, 6.45) is 0. The molecule has 0 saturated heterocycles. The van der Waals surface area contributed by atoms with E-state index in [1.54, 1.807) is 0 Å². The third-order valence-electron chi connectivity index (χ3n) is 0.135. The molecule has 0 aromatic carbocycles. The van der Waals surface area contributed by atoms with Crippen LogP contribution >= 0.6 is 12.4 Å². The van der Waals surface area contributed by atoms with Gasteiger partial charge in [-0.25, -0.2) is 4.79 Å². The molecule has 0 spiro atoms. The summed E-state index contributed by atoms with van der Waals surface area (Å²) in [4.78, 5) is 9.12. The van der Waals surface area contributed by atoms with Gasteiger partial charge in [0.2, 0.25) is 0 Å². The third kappa shape index (κ3) is 256. The Balaban J connectivity index is -0.0000000910. The lowest BCUT2D eigenvalue weighted by atomic mass is 10.8. The number of hydrogen-bond acceptors (Lipinski definition) is 3. The molecule has 0 bridgehead atoms. The predicted molar refractivity (Wildman–Crippen MR) is 38.1 cm³/mol. The largest absolute Gasteiger partial charge is 0.480 e. The summed E-state index contributed by atoms with van der Waals surface area (Å²) in [5.74, 6) is -1.52. The van der Waals surface area contributed by atoms with E-state index in [-0.39, 0.29) is 18.4 Å². The Morgan fingerprint density at radius 1 is 1.50 bits per heavy atom. The Kier molecular flexibility index (Phi) is 17.4. The molecule has 7 N–H and O–H groups in total. The lowest BCUT2D eigenvalue weighted by Crippen LogP contribution is -2.20. The number of aliphatic hydroxyl groups excluding tert-OH is 1. The molecule has 10 heavy (non-hydrogen) atoms. The van der Waals surface area contributed by atoms with Crippen LogP contribution < -0.4 is 11.5 Å². The SMILES string of the molecule is Cl.N=C(N)N.O=C(O)CO. The number of rotatable bonds is 1. The number of hydrogen-bond donors (Lipinski definition) is 5. The van der Waals surface area contributed by atoms with Gasteiger partial charge < -0.3 is 21.7 Å². The van der Waals surface area contributed by atoms with Crippen molar-refractivity contribution in [1.82, 2.24) is 0 Å². The van der Waals surface area contributed by atoms with Crippen molar-refractivity contribution in [2.45, 2.75) is 0 Å². The molecule has 7 heteroatoms. The number of carboxylic acids is 1. The average molecular weight is 172 g/mol. The topological polar surface area (TPSA) is 133 Å². The normalized spacial score (nSPS) is 6.10. The quantitative estimate of drug-likeness (QED) is 0.237. The van der Waals surface area contributed by atoms with Crippen molar-refractivity contribution in [3.05, 3.63) is 0 Å². The second kappa shape index (κ2) is 10.9. The van der Waals surface area contributed by atoms with Crippen LogP contribution in [0.1, 0.15) is 0 Å². The lowest BCUT2D eigenvalue weighted by Gasteiger charge is -1.72. The highest BCUT2D eigenvalue weighted by atomic mass is 35.5. The Hall–Kier alpha value is -1.01. The maximum Gasteiger partial charge on any atom is 0.329 e. The van der Waals surface area contributed by atoms with Crippen molar-refractivity contribution < 1.29 is 15.0 Å². The van der Waals surface area contributed by atoms with Crippen molar-refractivity contribution in [3.8, 4) is 0 Å². The van der Waals surface area contributed by atoms with Crippen molar-refractivity contribution in [3.63, 3.8) is 0 Å². The Labute approximate surface area is 63.7 Å². The van der Waals surface area contributed by atoms with Crippen LogP contribution in [0.25, 0.3) is 0 Å². The molecule has 6 nitrogen and oxygen atoms in total. The Morgan fingerprint density at radius 2 is 1.60 bits per heavy atom. The van der Waals surface area contributed by atoms with Crippen LogP contribution in [-0.2, 0) is 4.79 Å². The second-order valence-electron chi connectivity index (χ2n) is 1.01. The standard InChI is InChI=1S/C2H4O3.CH5N3.ClH/c3-1-2(4)5;2-1(3)4;/h3H,1H2,(H,4,5);(H5,2,3,4);1H. The minimum atomic E-state index is -1.19. The molecule has 0 aliphatic heterocycles. The van der Waals surface area contributed by atoms with Gasteiger partial charge in [-0.1, -0.05) is 0 Å². The molecule has 0 unspecified atom stereocenters. The molecular weight excluding hydrogens is 162 g/mol. The van der Waals surface area contributed by atoms with Crippen LogP contribution in [-0.4, -0.2) is 28.7 Å². The van der Waals surface area contributed by atoms with Gasteiger partial charge in [-0.2, -0.15) is 0 Å². The summed E-state index contributed by atoms with van der Waals surface area (Å²) >= 11 is 0. The monoisotopic (exact) mass is 171 g/mol. The van der Waals surface area contributed by atoms with Crippen LogP contribution in [0.3, 0.4) is 0 Å². The van der Waals surface area contributed by atoms with Crippen LogP contribution in [0.15, 0.2) is 0 Å². The molecule has 0 radical (unpaired) electrons. The van der Waals surface area contributed by atoms with Crippen molar-refractivity contribution >= 4 is 24.3 Å². The molecule has 0 aliphatic rings. The molecule has 62 valence electrons. The first-order chi connectivity index (χ1) is 4.00. The van der Waals surface area contributed by atoms with E-state index in [1.807, 2.05) is 0 Å².